The zero-order valence-corrected chi connectivity index (χ0v) is 6.07. The summed E-state index contributed by atoms with van der Waals surface area (Å²) in [5.74, 6) is -1.72. The number of carbonyl (C=O) groups excluding carboxylic acids is 1. The maximum absolute atomic E-state index is 10.8. The van der Waals surface area contributed by atoms with E-state index in [2.05, 4.69) is 15.5 Å². The van der Waals surface area contributed by atoms with Gasteiger partial charge in [0.25, 0.3) is 0 Å². The fourth-order valence-electron chi connectivity index (χ4n) is 0.662. The Morgan fingerprint density at radius 3 is 2.92 bits per heavy atom. The van der Waals surface area contributed by atoms with Crippen LogP contribution in [0.3, 0.4) is 0 Å². The first-order valence-electron chi connectivity index (χ1n) is 3.19. The maximum atomic E-state index is 10.8. The highest BCUT2D eigenvalue weighted by atomic mass is 16.4. The topological polar surface area (TPSA) is 95.1 Å². The van der Waals surface area contributed by atoms with Gasteiger partial charge in [-0.25, -0.2) is 0 Å². The molecule has 0 atom stereocenters. The van der Waals surface area contributed by atoms with E-state index in [4.69, 9.17) is 5.11 Å². The number of hydrogen-bond acceptors (Lipinski definition) is 3. The Morgan fingerprint density at radius 2 is 2.42 bits per heavy atom. The van der Waals surface area contributed by atoms with Crippen LogP contribution in [0.1, 0.15) is 6.42 Å². The van der Waals surface area contributed by atoms with Crippen LogP contribution in [0.4, 0.5) is 5.69 Å². The summed E-state index contributed by atoms with van der Waals surface area (Å²) >= 11 is 0. The van der Waals surface area contributed by atoms with Crippen LogP contribution in [0.15, 0.2) is 12.4 Å². The monoisotopic (exact) mass is 169 g/mol. The third-order valence-electron chi connectivity index (χ3n) is 1.09. The highest BCUT2D eigenvalue weighted by Gasteiger charge is 2.07. The molecule has 1 heterocycles. The van der Waals surface area contributed by atoms with Crippen molar-refractivity contribution in [3.63, 3.8) is 0 Å². The van der Waals surface area contributed by atoms with Crippen molar-refractivity contribution in [2.45, 2.75) is 6.42 Å². The summed E-state index contributed by atoms with van der Waals surface area (Å²) in [4.78, 5) is 20.8. The highest BCUT2D eigenvalue weighted by molar-refractivity contribution is 6.01. The van der Waals surface area contributed by atoms with Crippen LogP contribution >= 0.6 is 0 Å². The molecule has 0 aliphatic carbocycles. The normalized spacial score (nSPS) is 9.33. The molecular weight excluding hydrogens is 162 g/mol. The van der Waals surface area contributed by atoms with E-state index in [0.29, 0.717) is 5.69 Å². The van der Waals surface area contributed by atoms with Crippen LogP contribution in [0.25, 0.3) is 0 Å². The minimum absolute atomic E-state index is 0.459. The molecule has 6 heteroatoms. The van der Waals surface area contributed by atoms with Gasteiger partial charge in [0.1, 0.15) is 6.42 Å². The van der Waals surface area contributed by atoms with Gasteiger partial charge in [-0.15, -0.1) is 0 Å². The number of aromatic nitrogens is 2. The van der Waals surface area contributed by atoms with Crippen LogP contribution in [0.2, 0.25) is 0 Å². The number of amides is 1. The van der Waals surface area contributed by atoms with Gasteiger partial charge in [-0.2, -0.15) is 5.10 Å². The van der Waals surface area contributed by atoms with Crippen molar-refractivity contribution in [3.05, 3.63) is 12.4 Å². The Balaban J connectivity index is 2.42. The molecule has 0 radical (unpaired) electrons. The first-order valence-corrected chi connectivity index (χ1v) is 3.19. The summed E-state index contributed by atoms with van der Waals surface area (Å²) in [7, 11) is 0. The van der Waals surface area contributed by atoms with Crippen LogP contribution in [-0.4, -0.2) is 27.2 Å². The standard InChI is InChI=1S/C6H7N3O3/c10-5(1-6(11)12)9-4-2-7-8-3-4/h2-3H,1H2,(H,7,8)(H,9,10)(H,11,12). The first-order chi connectivity index (χ1) is 5.68. The van der Waals surface area contributed by atoms with Gasteiger partial charge in [0.2, 0.25) is 5.91 Å². The number of aliphatic carboxylic acids is 1. The Kier molecular flexibility index (Phi) is 2.42. The van der Waals surface area contributed by atoms with Gasteiger partial charge < -0.3 is 10.4 Å². The van der Waals surface area contributed by atoms with Crippen LogP contribution in [0, 0.1) is 0 Å². The molecule has 3 N–H and O–H groups in total. The van der Waals surface area contributed by atoms with E-state index in [-0.39, 0.29) is 0 Å². The smallest absolute Gasteiger partial charge is 0.312 e. The second-order valence-corrected chi connectivity index (χ2v) is 2.11. The van der Waals surface area contributed by atoms with Gasteiger partial charge >= 0.3 is 5.97 Å². The molecule has 0 saturated carbocycles. The summed E-state index contributed by atoms with van der Waals surface area (Å²) < 4.78 is 0. The van der Waals surface area contributed by atoms with Crippen molar-refractivity contribution in [2.75, 3.05) is 5.32 Å². The quantitative estimate of drug-likeness (QED) is 0.547. The molecule has 12 heavy (non-hydrogen) atoms. The number of carboxylic acid groups (broad SMARTS) is 1. The number of rotatable bonds is 3. The molecule has 1 aromatic heterocycles. The zero-order chi connectivity index (χ0) is 8.97. The lowest BCUT2D eigenvalue weighted by molar-refractivity contribution is -0.139. The average molecular weight is 169 g/mol. The molecule has 0 spiro atoms. The Labute approximate surface area is 67.6 Å². The summed E-state index contributed by atoms with van der Waals surface area (Å²) in [6.07, 6.45) is 2.31. The fraction of sp³-hybridized carbons (Fsp3) is 0.167. The third-order valence-corrected chi connectivity index (χ3v) is 1.09. The van der Waals surface area contributed by atoms with Crippen molar-refractivity contribution < 1.29 is 14.7 Å². The van der Waals surface area contributed by atoms with Crippen molar-refractivity contribution >= 4 is 17.6 Å². The molecule has 0 unspecified atom stereocenters. The summed E-state index contributed by atoms with van der Waals surface area (Å²) in [5, 5.41) is 16.6. The van der Waals surface area contributed by atoms with Gasteiger partial charge in [0.05, 0.1) is 11.9 Å². The van der Waals surface area contributed by atoms with E-state index < -0.39 is 18.3 Å². The Morgan fingerprint density at radius 1 is 1.67 bits per heavy atom. The minimum atomic E-state index is -1.16. The predicted molar refractivity (Wildman–Crippen MR) is 39.5 cm³/mol. The summed E-state index contributed by atoms with van der Waals surface area (Å²) in [6, 6.07) is 0. The second-order valence-electron chi connectivity index (χ2n) is 2.11. The second kappa shape index (κ2) is 3.51. The summed E-state index contributed by atoms with van der Waals surface area (Å²) in [5.41, 5.74) is 0.459. The van der Waals surface area contributed by atoms with Crippen molar-refractivity contribution in [1.82, 2.24) is 10.2 Å². The molecule has 1 amide bonds. The van der Waals surface area contributed by atoms with Gasteiger partial charge in [-0.1, -0.05) is 0 Å². The van der Waals surface area contributed by atoms with Gasteiger partial charge in [0.15, 0.2) is 0 Å². The lowest BCUT2D eigenvalue weighted by atomic mass is 10.4. The number of aromatic amines is 1. The number of carbonyl (C=O) groups is 2. The molecule has 64 valence electrons. The molecule has 0 aliphatic rings. The van der Waals surface area contributed by atoms with Crippen molar-refractivity contribution in [1.29, 1.82) is 0 Å². The predicted octanol–water partition coefficient (Wildman–Crippen LogP) is -0.177. The van der Waals surface area contributed by atoms with Crippen LogP contribution in [-0.2, 0) is 9.59 Å². The molecular formula is C6H7N3O3. The van der Waals surface area contributed by atoms with Crippen molar-refractivity contribution in [3.8, 4) is 0 Å². The van der Waals surface area contributed by atoms with Gasteiger partial charge in [-0.3, -0.25) is 14.7 Å². The van der Waals surface area contributed by atoms with Crippen LogP contribution < -0.4 is 5.32 Å². The molecule has 0 saturated heterocycles. The molecule has 6 nitrogen and oxygen atoms in total. The third kappa shape index (κ3) is 2.41. The molecule has 1 rings (SSSR count). The average Bonchev–Trinajstić information content (AvgIpc) is 2.37. The molecule has 1 aromatic rings. The van der Waals surface area contributed by atoms with E-state index in [0.717, 1.165) is 0 Å². The van der Waals surface area contributed by atoms with E-state index in [1.165, 1.54) is 12.4 Å². The van der Waals surface area contributed by atoms with Crippen LogP contribution in [0.5, 0.6) is 0 Å². The largest absolute Gasteiger partial charge is 0.481 e. The van der Waals surface area contributed by atoms with E-state index in [9.17, 15) is 9.59 Å². The van der Waals surface area contributed by atoms with E-state index >= 15 is 0 Å². The molecule has 0 aliphatic heterocycles. The number of nitrogens with one attached hydrogen (secondary N) is 2. The van der Waals surface area contributed by atoms with Gasteiger partial charge in [0, 0.05) is 6.20 Å². The first kappa shape index (κ1) is 8.25. The SMILES string of the molecule is O=C(O)CC(=O)Nc1cn[nH]c1. The molecule has 0 aromatic carbocycles. The molecule has 0 fully saturated rings. The lowest BCUT2D eigenvalue weighted by Crippen LogP contribution is -2.15. The Bertz CT molecular complexity index is 280. The zero-order valence-electron chi connectivity index (χ0n) is 6.07. The minimum Gasteiger partial charge on any atom is -0.481 e. The number of H-pyrrole nitrogens is 1. The number of carboxylic acids is 1. The highest BCUT2D eigenvalue weighted by Crippen LogP contribution is 2.01. The fourth-order valence-corrected chi connectivity index (χ4v) is 0.662. The summed E-state index contributed by atoms with van der Waals surface area (Å²) in [6.45, 7) is 0. The number of hydrogen-bond donors (Lipinski definition) is 3. The number of nitrogens with zero attached hydrogens (tertiary/aromatic N) is 1. The van der Waals surface area contributed by atoms with E-state index in [1.807, 2.05) is 0 Å². The van der Waals surface area contributed by atoms with Gasteiger partial charge in [-0.05, 0) is 0 Å². The molecule has 0 bridgehead atoms. The van der Waals surface area contributed by atoms with E-state index in [1.54, 1.807) is 0 Å². The maximum Gasteiger partial charge on any atom is 0.312 e. The Hall–Kier alpha value is -1.85. The van der Waals surface area contributed by atoms with Crippen molar-refractivity contribution in [2.24, 2.45) is 0 Å². The lowest BCUT2D eigenvalue weighted by Gasteiger charge is -1.96. The number of anilines is 1.